The second-order valence-corrected chi connectivity index (χ2v) is 4.52. The molecule has 3 nitrogen and oxygen atoms in total. The largest absolute Gasteiger partial charge is 0.454 e. The molecule has 0 unspecified atom stereocenters. The maximum atomic E-state index is 12.1. The highest BCUT2D eigenvalue weighted by Crippen LogP contribution is 2.36. The zero-order chi connectivity index (χ0) is 13.4. The van der Waals surface area contributed by atoms with E-state index in [-0.39, 0.29) is 5.91 Å². The molecule has 3 heteroatoms. The van der Waals surface area contributed by atoms with Crippen LogP contribution in [0.4, 0.5) is 5.69 Å². The highest BCUT2D eigenvalue weighted by molar-refractivity contribution is 6.08. The molecule has 0 radical (unpaired) electrons. The first-order chi connectivity index (χ1) is 9.17. The minimum Gasteiger partial charge on any atom is -0.454 e. The van der Waals surface area contributed by atoms with Crippen LogP contribution < -0.4 is 10.1 Å². The third-order valence-corrected chi connectivity index (χ3v) is 3.09. The number of nitrogens with one attached hydrogen (secondary N) is 1. The maximum absolute atomic E-state index is 12.1. The number of amides is 1. The van der Waals surface area contributed by atoms with E-state index >= 15 is 0 Å². The Morgan fingerprint density at radius 1 is 1.16 bits per heavy atom. The zero-order valence-electron chi connectivity index (χ0n) is 10.6. The average molecular weight is 251 g/mol. The lowest BCUT2D eigenvalue weighted by molar-refractivity contribution is 0.102. The molecule has 0 bridgehead atoms. The van der Waals surface area contributed by atoms with Crippen molar-refractivity contribution >= 4 is 17.7 Å². The maximum Gasteiger partial charge on any atom is 0.259 e. The molecule has 0 aromatic heterocycles. The van der Waals surface area contributed by atoms with Gasteiger partial charge in [-0.25, -0.2) is 0 Å². The quantitative estimate of drug-likeness (QED) is 0.832. The number of hydrogen-bond donors (Lipinski definition) is 1. The molecule has 3 rings (SSSR count). The highest BCUT2D eigenvalue weighted by Gasteiger charge is 2.20. The summed E-state index contributed by atoms with van der Waals surface area (Å²) in [5.41, 5.74) is 3.21. The van der Waals surface area contributed by atoms with Crippen molar-refractivity contribution in [1.82, 2.24) is 0 Å². The number of ether oxygens (including phenoxy) is 1. The molecule has 0 saturated carbocycles. The van der Waals surface area contributed by atoms with E-state index in [1.165, 1.54) is 0 Å². The predicted octanol–water partition coefficient (Wildman–Crippen LogP) is 4.00. The van der Waals surface area contributed by atoms with Crippen LogP contribution in [0.1, 0.15) is 21.5 Å². The van der Waals surface area contributed by atoms with Crippen LogP contribution in [-0.2, 0) is 0 Å². The Morgan fingerprint density at radius 2 is 2.00 bits per heavy atom. The van der Waals surface area contributed by atoms with Crippen molar-refractivity contribution in [3.63, 3.8) is 0 Å². The summed E-state index contributed by atoms with van der Waals surface area (Å²) in [6.07, 6.45) is 1.74. The van der Waals surface area contributed by atoms with Crippen LogP contribution in [0, 0.1) is 6.92 Å². The van der Waals surface area contributed by atoms with Crippen molar-refractivity contribution in [3.8, 4) is 11.5 Å². The third kappa shape index (κ3) is 1.99. The molecule has 0 aliphatic carbocycles. The molecule has 2 aromatic rings. The van der Waals surface area contributed by atoms with E-state index in [0.717, 1.165) is 11.1 Å². The van der Waals surface area contributed by atoms with Crippen LogP contribution in [0.2, 0.25) is 0 Å². The number of aryl methyl sites for hydroxylation is 1. The highest BCUT2D eigenvalue weighted by atomic mass is 16.5. The van der Waals surface area contributed by atoms with E-state index in [1.807, 2.05) is 37.3 Å². The predicted molar refractivity (Wildman–Crippen MR) is 75.7 cm³/mol. The second-order valence-electron chi connectivity index (χ2n) is 4.52. The van der Waals surface area contributed by atoms with Crippen molar-refractivity contribution in [2.24, 2.45) is 0 Å². The van der Waals surface area contributed by atoms with Gasteiger partial charge in [-0.15, -0.1) is 0 Å². The molecule has 0 spiro atoms. The Hall–Kier alpha value is -2.55. The molecule has 1 heterocycles. The van der Waals surface area contributed by atoms with E-state index in [9.17, 15) is 4.79 Å². The summed E-state index contributed by atoms with van der Waals surface area (Å²) in [5, 5.41) is 2.85. The summed E-state index contributed by atoms with van der Waals surface area (Å²) >= 11 is 0. The van der Waals surface area contributed by atoms with Crippen LogP contribution >= 0.6 is 0 Å². The summed E-state index contributed by atoms with van der Waals surface area (Å²) in [6.45, 7) is 5.70. The van der Waals surface area contributed by atoms with Gasteiger partial charge in [0.05, 0.1) is 11.3 Å². The van der Waals surface area contributed by atoms with Gasteiger partial charge in [0, 0.05) is 0 Å². The lowest BCUT2D eigenvalue weighted by Gasteiger charge is -2.08. The zero-order valence-corrected chi connectivity index (χ0v) is 10.6. The summed E-state index contributed by atoms with van der Waals surface area (Å²) in [6, 6.07) is 11.1. The van der Waals surface area contributed by atoms with Crippen LogP contribution in [-0.4, -0.2) is 5.91 Å². The molecule has 0 saturated heterocycles. The summed E-state index contributed by atoms with van der Waals surface area (Å²) in [5.74, 6) is 1.06. The van der Waals surface area contributed by atoms with Gasteiger partial charge >= 0.3 is 0 Å². The Balaban J connectivity index is 2.16. The number of fused-ring (bicyclic) bond motifs is 2. The SMILES string of the molecule is C=Cc1ccc2c(c1)Oc1cc(C)ccc1C(=O)N2. The Morgan fingerprint density at radius 3 is 2.79 bits per heavy atom. The van der Waals surface area contributed by atoms with Gasteiger partial charge in [-0.05, 0) is 42.3 Å². The molecular weight excluding hydrogens is 238 g/mol. The minimum atomic E-state index is -0.153. The monoisotopic (exact) mass is 251 g/mol. The van der Waals surface area contributed by atoms with Gasteiger partial charge in [0.15, 0.2) is 5.75 Å². The fourth-order valence-electron chi connectivity index (χ4n) is 2.06. The number of rotatable bonds is 1. The first kappa shape index (κ1) is 11.5. The van der Waals surface area contributed by atoms with Gasteiger partial charge in [0.2, 0.25) is 0 Å². The van der Waals surface area contributed by atoms with Crippen molar-refractivity contribution in [1.29, 1.82) is 0 Å². The number of anilines is 1. The van der Waals surface area contributed by atoms with Crippen LogP contribution in [0.25, 0.3) is 6.08 Å². The molecule has 1 aliphatic heterocycles. The summed E-state index contributed by atoms with van der Waals surface area (Å²) in [7, 11) is 0. The van der Waals surface area contributed by atoms with E-state index in [2.05, 4.69) is 11.9 Å². The van der Waals surface area contributed by atoms with Crippen molar-refractivity contribution < 1.29 is 9.53 Å². The molecule has 19 heavy (non-hydrogen) atoms. The first-order valence-electron chi connectivity index (χ1n) is 6.04. The standard InChI is InChI=1S/C16H13NO2/c1-3-11-5-7-13-15(9-11)19-14-8-10(2)4-6-12(14)16(18)17-13/h3-9H,1H2,2H3,(H,17,18). The van der Waals surface area contributed by atoms with Crippen LogP contribution in [0.5, 0.6) is 11.5 Å². The Kier molecular flexibility index (Phi) is 2.60. The topological polar surface area (TPSA) is 38.3 Å². The van der Waals surface area contributed by atoms with Crippen molar-refractivity contribution in [2.45, 2.75) is 6.92 Å². The normalized spacial score (nSPS) is 12.6. The van der Waals surface area contributed by atoms with Gasteiger partial charge in [-0.1, -0.05) is 24.8 Å². The molecule has 2 aromatic carbocycles. The van der Waals surface area contributed by atoms with Crippen LogP contribution in [0.15, 0.2) is 43.0 Å². The molecule has 94 valence electrons. The summed E-state index contributed by atoms with van der Waals surface area (Å²) in [4.78, 5) is 12.1. The number of carbonyl (C=O) groups is 1. The molecule has 0 fully saturated rings. The van der Waals surface area contributed by atoms with Gasteiger partial charge < -0.3 is 10.1 Å². The lowest BCUT2D eigenvalue weighted by Crippen LogP contribution is -2.10. The van der Waals surface area contributed by atoms with Gasteiger partial charge in [-0.3, -0.25) is 4.79 Å². The van der Waals surface area contributed by atoms with Gasteiger partial charge in [0.1, 0.15) is 5.75 Å². The van der Waals surface area contributed by atoms with Crippen LogP contribution in [0.3, 0.4) is 0 Å². The molecular formula is C16H13NO2. The van der Waals surface area contributed by atoms with Crippen molar-refractivity contribution in [3.05, 3.63) is 59.7 Å². The van der Waals surface area contributed by atoms with Gasteiger partial charge in [0.25, 0.3) is 5.91 Å². The minimum absolute atomic E-state index is 0.153. The Labute approximate surface area is 111 Å². The molecule has 1 amide bonds. The second kappa shape index (κ2) is 4.28. The first-order valence-corrected chi connectivity index (χ1v) is 6.04. The lowest BCUT2D eigenvalue weighted by atomic mass is 10.1. The van der Waals surface area contributed by atoms with E-state index in [4.69, 9.17) is 4.74 Å². The number of hydrogen-bond acceptors (Lipinski definition) is 2. The molecule has 1 aliphatic rings. The van der Waals surface area contributed by atoms with E-state index in [1.54, 1.807) is 12.1 Å². The summed E-state index contributed by atoms with van der Waals surface area (Å²) < 4.78 is 5.87. The average Bonchev–Trinajstić information content (AvgIpc) is 2.53. The number of carbonyl (C=O) groups excluding carboxylic acids is 1. The molecule has 0 atom stereocenters. The fraction of sp³-hybridized carbons (Fsp3) is 0.0625. The van der Waals surface area contributed by atoms with Gasteiger partial charge in [-0.2, -0.15) is 0 Å². The van der Waals surface area contributed by atoms with E-state index < -0.39 is 0 Å². The number of benzene rings is 2. The van der Waals surface area contributed by atoms with Crippen molar-refractivity contribution in [2.75, 3.05) is 5.32 Å². The molecule has 1 N–H and O–H groups in total. The van der Waals surface area contributed by atoms with E-state index in [0.29, 0.717) is 22.7 Å². The fourth-order valence-corrected chi connectivity index (χ4v) is 2.06. The smallest absolute Gasteiger partial charge is 0.259 e. The third-order valence-electron chi connectivity index (χ3n) is 3.09. The Bertz CT molecular complexity index is 689.